The van der Waals surface area contributed by atoms with E-state index in [1.807, 2.05) is 30.3 Å². The molecule has 0 saturated carbocycles. The van der Waals surface area contributed by atoms with Crippen LogP contribution in [0.2, 0.25) is 0 Å². The van der Waals surface area contributed by atoms with Gasteiger partial charge in [-0.3, -0.25) is 4.90 Å². The van der Waals surface area contributed by atoms with Crippen molar-refractivity contribution < 1.29 is 4.74 Å². The molecular formula is C14H21Cl2NO. The molecule has 0 bridgehead atoms. The summed E-state index contributed by atoms with van der Waals surface area (Å²) in [4.78, 5) is 2.46. The van der Waals surface area contributed by atoms with Crippen LogP contribution in [-0.2, 0) is 0 Å². The third-order valence-electron chi connectivity index (χ3n) is 3.34. The number of benzene rings is 1. The van der Waals surface area contributed by atoms with Crippen LogP contribution >= 0.6 is 24.0 Å². The van der Waals surface area contributed by atoms with Crippen LogP contribution in [0.3, 0.4) is 0 Å². The number of para-hydroxylation sites is 1. The topological polar surface area (TPSA) is 12.5 Å². The van der Waals surface area contributed by atoms with Crippen LogP contribution in [0.25, 0.3) is 0 Å². The molecular weight excluding hydrogens is 269 g/mol. The first-order valence-corrected chi connectivity index (χ1v) is 6.88. The Morgan fingerprint density at radius 1 is 1.17 bits per heavy atom. The van der Waals surface area contributed by atoms with Gasteiger partial charge in [0, 0.05) is 12.4 Å². The van der Waals surface area contributed by atoms with Gasteiger partial charge in [0.2, 0.25) is 0 Å². The van der Waals surface area contributed by atoms with Crippen molar-refractivity contribution in [3.8, 4) is 5.75 Å². The van der Waals surface area contributed by atoms with Crippen LogP contribution in [0.5, 0.6) is 5.75 Å². The quantitative estimate of drug-likeness (QED) is 0.770. The number of hydrogen-bond donors (Lipinski definition) is 0. The van der Waals surface area contributed by atoms with Gasteiger partial charge >= 0.3 is 0 Å². The van der Waals surface area contributed by atoms with Crippen molar-refractivity contribution in [2.75, 3.05) is 32.1 Å². The van der Waals surface area contributed by atoms with Crippen LogP contribution in [0, 0.1) is 5.92 Å². The van der Waals surface area contributed by atoms with Crippen LogP contribution in [0.4, 0.5) is 0 Å². The van der Waals surface area contributed by atoms with Gasteiger partial charge in [0.1, 0.15) is 12.4 Å². The van der Waals surface area contributed by atoms with Gasteiger partial charge in [0.25, 0.3) is 0 Å². The summed E-state index contributed by atoms with van der Waals surface area (Å²) in [7, 11) is 0. The first-order chi connectivity index (χ1) is 8.38. The smallest absolute Gasteiger partial charge is 0.119 e. The SMILES string of the molecule is Cl.ClCC1CCN(CCOc2ccccc2)CC1. The number of alkyl halides is 1. The molecule has 18 heavy (non-hydrogen) atoms. The molecule has 4 heteroatoms. The minimum atomic E-state index is 0. The molecule has 0 atom stereocenters. The van der Waals surface area contributed by atoms with Crippen molar-refractivity contribution in [3.05, 3.63) is 30.3 Å². The Balaban J connectivity index is 0.00000162. The van der Waals surface area contributed by atoms with Gasteiger partial charge in [-0.1, -0.05) is 18.2 Å². The molecule has 102 valence electrons. The van der Waals surface area contributed by atoms with Gasteiger partial charge in [-0.25, -0.2) is 0 Å². The van der Waals surface area contributed by atoms with E-state index in [9.17, 15) is 0 Å². The molecule has 2 rings (SSSR count). The number of likely N-dealkylation sites (tertiary alicyclic amines) is 1. The maximum Gasteiger partial charge on any atom is 0.119 e. The molecule has 1 aliphatic heterocycles. The molecule has 0 spiro atoms. The van der Waals surface area contributed by atoms with Crippen LogP contribution < -0.4 is 4.74 Å². The number of nitrogens with zero attached hydrogens (tertiary/aromatic N) is 1. The van der Waals surface area contributed by atoms with Gasteiger partial charge in [-0.15, -0.1) is 24.0 Å². The Bertz CT molecular complexity index is 313. The number of ether oxygens (including phenoxy) is 1. The lowest BCUT2D eigenvalue weighted by Crippen LogP contribution is -2.36. The largest absolute Gasteiger partial charge is 0.492 e. The average Bonchev–Trinajstić information content (AvgIpc) is 2.41. The van der Waals surface area contributed by atoms with Gasteiger partial charge in [0.05, 0.1) is 0 Å². The van der Waals surface area contributed by atoms with Crippen molar-refractivity contribution in [2.45, 2.75) is 12.8 Å². The fraction of sp³-hybridized carbons (Fsp3) is 0.571. The van der Waals surface area contributed by atoms with E-state index in [1.54, 1.807) is 0 Å². The van der Waals surface area contributed by atoms with Crippen molar-refractivity contribution in [1.29, 1.82) is 0 Å². The summed E-state index contributed by atoms with van der Waals surface area (Å²) in [5, 5.41) is 0. The highest BCUT2D eigenvalue weighted by molar-refractivity contribution is 6.18. The van der Waals surface area contributed by atoms with E-state index in [1.165, 1.54) is 12.8 Å². The molecule has 1 aromatic rings. The molecule has 1 aliphatic rings. The van der Waals surface area contributed by atoms with Crippen LogP contribution in [0.1, 0.15) is 12.8 Å². The minimum absolute atomic E-state index is 0. The highest BCUT2D eigenvalue weighted by Gasteiger charge is 2.17. The number of rotatable bonds is 5. The molecule has 0 amide bonds. The van der Waals surface area contributed by atoms with Gasteiger partial charge in [-0.2, -0.15) is 0 Å². The lowest BCUT2D eigenvalue weighted by molar-refractivity contribution is 0.161. The monoisotopic (exact) mass is 289 g/mol. The predicted molar refractivity (Wildman–Crippen MR) is 79.1 cm³/mol. The molecule has 0 unspecified atom stereocenters. The number of halogens is 2. The Kier molecular flexibility index (Phi) is 7.48. The van der Waals surface area contributed by atoms with Crippen molar-refractivity contribution in [3.63, 3.8) is 0 Å². The first-order valence-electron chi connectivity index (χ1n) is 6.34. The Hall–Kier alpha value is -0.440. The highest BCUT2D eigenvalue weighted by Crippen LogP contribution is 2.18. The molecule has 1 aromatic carbocycles. The maximum atomic E-state index is 5.87. The standard InChI is InChI=1S/C14H20ClNO.ClH/c15-12-13-6-8-16(9-7-13)10-11-17-14-4-2-1-3-5-14;/h1-5,13H,6-12H2;1H. The second-order valence-electron chi connectivity index (χ2n) is 4.60. The normalized spacial score (nSPS) is 17.2. The van der Waals surface area contributed by atoms with E-state index in [4.69, 9.17) is 16.3 Å². The Morgan fingerprint density at radius 3 is 2.44 bits per heavy atom. The average molecular weight is 290 g/mol. The summed E-state index contributed by atoms with van der Waals surface area (Å²) < 4.78 is 5.69. The number of piperidine rings is 1. The van der Waals surface area contributed by atoms with Gasteiger partial charge < -0.3 is 4.74 Å². The Labute approximate surface area is 121 Å². The third-order valence-corrected chi connectivity index (χ3v) is 3.78. The first kappa shape index (κ1) is 15.6. The molecule has 0 radical (unpaired) electrons. The van der Waals surface area contributed by atoms with E-state index < -0.39 is 0 Å². The fourth-order valence-corrected chi connectivity index (χ4v) is 2.48. The highest BCUT2D eigenvalue weighted by atomic mass is 35.5. The van der Waals surface area contributed by atoms with E-state index in [0.717, 1.165) is 43.8 Å². The second kappa shape index (κ2) is 8.63. The lowest BCUT2D eigenvalue weighted by Gasteiger charge is -2.30. The van der Waals surface area contributed by atoms with Crippen molar-refractivity contribution >= 4 is 24.0 Å². The molecule has 0 N–H and O–H groups in total. The maximum absolute atomic E-state index is 5.87. The van der Waals surface area contributed by atoms with E-state index in [2.05, 4.69) is 4.90 Å². The summed E-state index contributed by atoms with van der Waals surface area (Å²) in [6.45, 7) is 4.12. The molecule has 1 saturated heterocycles. The summed E-state index contributed by atoms with van der Waals surface area (Å²) in [6.07, 6.45) is 2.46. The molecule has 2 nitrogen and oxygen atoms in total. The summed E-state index contributed by atoms with van der Waals surface area (Å²) in [5.41, 5.74) is 0. The fourth-order valence-electron chi connectivity index (χ4n) is 2.17. The predicted octanol–water partition coefficient (Wildman–Crippen LogP) is 3.44. The zero-order valence-electron chi connectivity index (χ0n) is 10.6. The van der Waals surface area contributed by atoms with Crippen LogP contribution in [0.15, 0.2) is 30.3 Å². The molecule has 0 aromatic heterocycles. The minimum Gasteiger partial charge on any atom is -0.492 e. The molecule has 1 heterocycles. The van der Waals surface area contributed by atoms with Crippen molar-refractivity contribution in [2.24, 2.45) is 5.92 Å². The van der Waals surface area contributed by atoms with E-state index in [-0.39, 0.29) is 12.4 Å². The summed E-state index contributed by atoms with van der Waals surface area (Å²) in [6, 6.07) is 10.0. The van der Waals surface area contributed by atoms with Gasteiger partial charge in [-0.05, 0) is 44.0 Å². The molecule has 0 aliphatic carbocycles. The van der Waals surface area contributed by atoms with E-state index in [0.29, 0.717) is 0 Å². The zero-order valence-corrected chi connectivity index (χ0v) is 12.1. The summed E-state index contributed by atoms with van der Waals surface area (Å²) in [5.74, 6) is 2.50. The van der Waals surface area contributed by atoms with Crippen LogP contribution in [-0.4, -0.2) is 37.0 Å². The third kappa shape index (κ3) is 5.05. The van der Waals surface area contributed by atoms with E-state index >= 15 is 0 Å². The second-order valence-corrected chi connectivity index (χ2v) is 4.91. The van der Waals surface area contributed by atoms with Crippen molar-refractivity contribution in [1.82, 2.24) is 4.90 Å². The number of hydrogen-bond acceptors (Lipinski definition) is 2. The molecule has 1 fully saturated rings. The Morgan fingerprint density at radius 2 is 1.83 bits per heavy atom. The summed E-state index contributed by atoms with van der Waals surface area (Å²) >= 11 is 5.87. The zero-order chi connectivity index (χ0) is 11.9. The van der Waals surface area contributed by atoms with Gasteiger partial charge in [0.15, 0.2) is 0 Å². The lowest BCUT2D eigenvalue weighted by atomic mass is 9.99.